The molecule has 3 rings (SSSR count). The largest absolute Gasteiger partial charge is 0.358 e. The molecule has 1 fully saturated rings. The van der Waals surface area contributed by atoms with E-state index in [-0.39, 0.29) is 6.03 Å². The molecule has 106 valence electrons. The number of likely N-dealkylation sites (tertiary alicyclic amines) is 1. The Labute approximate surface area is 124 Å². The molecule has 0 bridgehead atoms. The first-order valence-corrected chi connectivity index (χ1v) is 7.41. The lowest BCUT2D eigenvalue weighted by atomic mass is 10.0. The number of nitrogens with zero attached hydrogens (tertiary/aromatic N) is 3. The van der Waals surface area contributed by atoms with Crippen molar-refractivity contribution in [1.29, 1.82) is 0 Å². The second kappa shape index (κ2) is 5.44. The Hall–Kier alpha value is -1.55. The third-order valence-electron chi connectivity index (χ3n) is 3.92. The van der Waals surface area contributed by atoms with E-state index in [4.69, 9.17) is 11.6 Å². The van der Waals surface area contributed by atoms with Gasteiger partial charge in [0.05, 0.1) is 6.54 Å². The van der Waals surface area contributed by atoms with E-state index in [0.717, 1.165) is 24.6 Å². The molecule has 0 N–H and O–H groups in total. The topological polar surface area (TPSA) is 35.9 Å². The van der Waals surface area contributed by atoms with Crippen LogP contribution in [0.2, 0.25) is 5.02 Å². The molecule has 1 atom stereocenters. The van der Waals surface area contributed by atoms with Crippen molar-refractivity contribution in [3.8, 4) is 0 Å². The minimum absolute atomic E-state index is 0.180. The zero-order chi connectivity index (χ0) is 14.1. The van der Waals surface area contributed by atoms with E-state index in [2.05, 4.69) is 16.8 Å². The van der Waals surface area contributed by atoms with Crippen LogP contribution in [0.1, 0.15) is 19.8 Å². The summed E-state index contributed by atoms with van der Waals surface area (Å²) >= 11 is 5.88. The highest BCUT2D eigenvalue weighted by Gasteiger charge is 2.29. The van der Waals surface area contributed by atoms with Crippen LogP contribution in [0.3, 0.4) is 0 Å². The standard InChI is InChI=1S/C15H18ClN3O/c1-11-3-2-8-18(9-11)14-10-19(15(20)17-14)13-6-4-12(16)5-7-13/h4-7,11H,2-3,8-10H2,1H3. The molecule has 4 nitrogen and oxygen atoms in total. The summed E-state index contributed by atoms with van der Waals surface area (Å²) in [5.74, 6) is 1.57. The number of hydrogen-bond acceptors (Lipinski definition) is 2. The molecule has 1 saturated heterocycles. The van der Waals surface area contributed by atoms with Crippen molar-refractivity contribution in [3.63, 3.8) is 0 Å². The van der Waals surface area contributed by atoms with E-state index in [1.807, 2.05) is 12.1 Å². The minimum atomic E-state index is -0.180. The van der Waals surface area contributed by atoms with E-state index < -0.39 is 0 Å². The fourth-order valence-corrected chi connectivity index (χ4v) is 2.96. The summed E-state index contributed by atoms with van der Waals surface area (Å²) in [6, 6.07) is 7.13. The van der Waals surface area contributed by atoms with Crippen LogP contribution in [-0.4, -0.2) is 36.4 Å². The summed E-state index contributed by atoms with van der Waals surface area (Å²) in [5, 5.41) is 0.673. The van der Waals surface area contributed by atoms with Crippen LogP contribution in [0.4, 0.5) is 10.5 Å². The zero-order valence-corrected chi connectivity index (χ0v) is 12.3. The first-order valence-electron chi connectivity index (χ1n) is 7.03. The molecule has 1 aromatic rings. The molecule has 1 unspecified atom stereocenters. The average Bonchev–Trinajstić information content (AvgIpc) is 2.82. The molecule has 0 radical (unpaired) electrons. The summed E-state index contributed by atoms with van der Waals surface area (Å²) in [7, 11) is 0. The van der Waals surface area contributed by atoms with Crippen LogP contribution in [-0.2, 0) is 0 Å². The van der Waals surface area contributed by atoms with Gasteiger partial charge in [0.2, 0.25) is 0 Å². The molecular formula is C15H18ClN3O. The lowest BCUT2D eigenvalue weighted by Crippen LogP contribution is -2.41. The monoisotopic (exact) mass is 291 g/mol. The van der Waals surface area contributed by atoms with Crippen LogP contribution in [0.5, 0.6) is 0 Å². The maximum absolute atomic E-state index is 12.1. The lowest BCUT2D eigenvalue weighted by Gasteiger charge is -2.32. The molecule has 2 heterocycles. The summed E-state index contributed by atoms with van der Waals surface area (Å²) in [4.78, 5) is 20.2. The van der Waals surface area contributed by atoms with Crippen LogP contribution in [0.15, 0.2) is 29.3 Å². The average molecular weight is 292 g/mol. The van der Waals surface area contributed by atoms with Gasteiger partial charge in [-0.15, -0.1) is 0 Å². The number of halogens is 1. The molecule has 2 aliphatic rings. The summed E-state index contributed by atoms with van der Waals surface area (Å²) in [6.07, 6.45) is 2.44. The molecule has 2 aliphatic heterocycles. The second-order valence-corrected chi connectivity index (χ2v) is 6.00. The number of urea groups is 1. The minimum Gasteiger partial charge on any atom is -0.358 e. The Morgan fingerprint density at radius 1 is 1.30 bits per heavy atom. The number of aliphatic imine (C=N–C) groups is 1. The Balaban J connectivity index is 1.73. The van der Waals surface area contributed by atoms with Crippen molar-refractivity contribution in [2.24, 2.45) is 10.9 Å². The second-order valence-electron chi connectivity index (χ2n) is 5.57. The number of piperidine rings is 1. The molecule has 0 saturated carbocycles. The molecular weight excluding hydrogens is 274 g/mol. The molecule has 20 heavy (non-hydrogen) atoms. The van der Waals surface area contributed by atoms with E-state index in [9.17, 15) is 4.79 Å². The van der Waals surface area contributed by atoms with Crippen molar-refractivity contribution in [2.75, 3.05) is 24.5 Å². The van der Waals surface area contributed by atoms with Crippen LogP contribution < -0.4 is 4.90 Å². The molecule has 0 aliphatic carbocycles. The van der Waals surface area contributed by atoms with Gasteiger partial charge in [0.15, 0.2) is 0 Å². The van der Waals surface area contributed by atoms with Crippen molar-refractivity contribution in [3.05, 3.63) is 29.3 Å². The molecule has 1 aromatic carbocycles. The summed E-state index contributed by atoms with van der Waals surface area (Å²) < 4.78 is 0. The van der Waals surface area contributed by atoms with Gasteiger partial charge < -0.3 is 4.90 Å². The van der Waals surface area contributed by atoms with Crippen molar-refractivity contribution in [1.82, 2.24) is 4.90 Å². The Morgan fingerprint density at radius 3 is 2.75 bits per heavy atom. The maximum Gasteiger partial charge on any atom is 0.350 e. The van der Waals surface area contributed by atoms with Gasteiger partial charge in [-0.1, -0.05) is 18.5 Å². The van der Waals surface area contributed by atoms with Crippen LogP contribution in [0.25, 0.3) is 0 Å². The van der Waals surface area contributed by atoms with Gasteiger partial charge in [-0.05, 0) is 43.0 Å². The summed E-state index contributed by atoms with van der Waals surface area (Å²) in [6.45, 7) is 4.82. The molecule has 2 amide bonds. The van der Waals surface area contributed by atoms with E-state index in [1.54, 1.807) is 17.0 Å². The van der Waals surface area contributed by atoms with Gasteiger partial charge in [-0.3, -0.25) is 4.90 Å². The number of carbonyl (C=O) groups excluding carboxylic acids is 1. The SMILES string of the molecule is CC1CCCN(C2=NC(=O)N(c3ccc(Cl)cc3)C2)C1. The zero-order valence-electron chi connectivity index (χ0n) is 11.6. The van der Waals surface area contributed by atoms with Gasteiger partial charge in [0.1, 0.15) is 5.84 Å². The summed E-state index contributed by atoms with van der Waals surface area (Å²) in [5.41, 5.74) is 0.850. The van der Waals surface area contributed by atoms with Crippen LogP contribution in [0, 0.1) is 5.92 Å². The first kappa shape index (κ1) is 13.4. The number of amidine groups is 1. The Bertz CT molecular complexity index is 541. The number of carbonyl (C=O) groups is 1. The van der Waals surface area contributed by atoms with Gasteiger partial charge in [0.25, 0.3) is 0 Å². The maximum atomic E-state index is 12.1. The lowest BCUT2D eigenvalue weighted by molar-refractivity contribution is 0.255. The predicted octanol–water partition coefficient (Wildman–Crippen LogP) is 3.41. The van der Waals surface area contributed by atoms with Crippen molar-refractivity contribution in [2.45, 2.75) is 19.8 Å². The number of amides is 2. The van der Waals surface area contributed by atoms with E-state index in [0.29, 0.717) is 17.5 Å². The van der Waals surface area contributed by atoms with Gasteiger partial charge in [-0.25, -0.2) is 4.79 Å². The highest BCUT2D eigenvalue weighted by Crippen LogP contribution is 2.24. The van der Waals surface area contributed by atoms with Crippen molar-refractivity contribution < 1.29 is 4.79 Å². The van der Waals surface area contributed by atoms with Gasteiger partial charge >= 0.3 is 6.03 Å². The normalized spacial score (nSPS) is 23.2. The highest BCUT2D eigenvalue weighted by atomic mass is 35.5. The fourth-order valence-electron chi connectivity index (χ4n) is 2.83. The quantitative estimate of drug-likeness (QED) is 0.795. The van der Waals surface area contributed by atoms with Gasteiger partial charge in [-0.2, -0.15) is 4.99 Å². The predicted molar refractivity (Wildman–Crippen MR) is 81.6 cm³/mol. The third kappa shape index (κ3) is 2.66. The van der Waals surface area contributed by atoms with Crippen LogP contribution >= 0.6 is 11.6 Å². The number of rotatable bonds is 1. The van der Waals surface area contributed by atoms with E-state index >= 15 is 0 Å². The highest BCUT2D eigenvalue weighted by molar-refractivity contribution is 6.30. The third-order valence-corrected chi connectivity index (χ3v) is 4.17. The molecule has 0 spiro atoms. The fraction of sp³-hybridized carbons (Fsp3) is 0.467. The molecule has 0 aromatic heterocycles. The number of anilines is 1. The molecule has 5 heteroatoms. The Morgan fingerprint density at radius 2 is 2.05 bits per heavy atom. The number of benzene rings is 1. The smallest absolute Gasteiger partial charge is 0.350 e. The first-order chi connectivity index (χ1) is 9.63. The van der Waals surface area contributed by atoms with E-state index in [1.165, 1.54) is 12.8 Å². The Kier molecular flexibility index (Phi) is 3.66. The van der Waals surface area contributed by atoms with Crippen molar-refractivity contribution >= 4 is 29.2 Å². The number of hydrogen-bond donors (Lipinski definition) is 0. The van der Waals surface area contributed by atoms with Gasteiger partial charge in [0, 0.05) is 23.8 Å².